The van der Waals surface area contributed by atoms with Gasteiger partial charge in [-0.1, -0.05) is 50.2 Å². The Kier molecular flexibility index (Phi) is 4.56. The highest BCUT2D eigenvalue weighted by atomic mass is 16.5. The lowest BCUT2D eigenvalue weighted by atomic mass is 9.83. The Morgan fingerprint density at radius 1 is 0.926 bits per heavy atom. The van der Waals surface area contributed by atoms with Crippen LogP contribution in [0.3, 0.4) is 0 Å². The van der Waals surface area contributed by atoms with Crippen LogP contribution in [0.5, 0.6) is 0 Å². The molecule has 0 aliphatic carbocycles. The van der Waals surface area contributed by atoms with Crippen molar-refractivity contribution in [3.8, 4) is 0 Å². The van der Waals surface area contributed by atoms with Crippen molar-refractivity contribution in [2.24, 2.45) is 0 Å². The number of nitrogens with zero attached hydrogens (tertiary/aromatic N) is 1. The van der Waals surface area contributed by atoms with Crippen molar-refractivity contribution < 1.29 is 14.3 Å². The molecule has 0 fully saturated rings. The lowest BCUT2D eigenvalue weighted by molar-refractivity contribution is -0.136. The molecule has 2 aliphatic rings. The third-order valence-electron chi connectivity index (χ3n) is 5.51. The molecule has 4 rings (SSSR count). The van der Waals surface area contributed by atoms with E-state index in [9.17, 15) is 9.59 Å². The molecule has 0 saturated heterocycles. The standard InChI is InChI=1S/C23H23NO3/c1-3-15-5-9-17(10-6-15)19-13-21(25)24(20-14-27-23(26)22(19)20)18-11-7-16(4-2)8-12-18/h5-12,19H,3-4,13-14H2,1-2H3. The molecule has 0 aromatic heterocycles. The van der Waals surface area contributed by atoms with Gasteiger partial charge in [-0.15, -0.1) is 0 Å². The van der Waals surface area contributed by atoms with Gasteiger partial charge in [0.1, 0.15) is 6.61 Å². The predicted octanol–water partition coefficient (Wildman–Crippen LogP) is 4.14. The minimum atomic E-state index is -0.308. The predicted molar refractivity (Wildman–Crippen MR) is 104 cm³/mol. The third-order valence-corrected chi connectivity index (χ3v) is 5.51. The first kappa shape index (κ1) is 17.5. The number of amides is 1. The minimum Gasteiger partial charge on any atom is -0.456 e. The topological polar surface area (TPSA) is 46.6 Å². The Morgan fingerprint density at radius 3 is 2.11 bits per heavy atom. The van der Waals surface area contributed by atoms with Gasteiger partial charge in [0.05, 0.1) is 11.3 Å². The van der Waals surface area contributed by atoms with E-state index in [-0.39, 0.29) is 30.8 Å². The van der Waals surface area contributed by atoms with Crippen LogP contribution in [-0.2, 0) is 27.2 Å². The fourth-order valence-electron chi connectivity index (χ4n) is 3.90. The second-order valence-electron chi connectivity index (χ2n) is 7.04. The lowest BCUT2D eigenvalue weighted by Crippen LogP contribution is -2.37. The van der Waals surface area contributed by atoms with Gasteiger partial charge in [0.15, 0.2) is 0 Å². The molecule has 4 heteroatoms. The number of esters is 1. The van der Waals surface area contributed by atoms with Crippen molar-refractivity contribution in [2.75, 3.05) is 11.5 Å². The molecule has 27 heavy (non-hydrogen) atoms. The van der Waals surface area contributed by atoms with Crippen LogP contribution in [0, 0.1) is 0 Å². The number of hydrogen-bond donors (Lipinski definition) is 0. The molecule has 0 radical (unpaired) electrons. The molecule has 2 aromatic carbocycles. The number of anilines is 1. The molecule has 2 heterocycles. The third kappa shape index (κ3) is 3.05. The Bertz CT molecular complexity index is 910. The van der Waals surface area contributed by atoms with Gasteiger partial charge in [-0.25, -0.2) is 4.79 Å². The first-order valence-electron chi connectivity index (χ1n) is 9.53. The van der Waals surface area contributed by atoms with Crippen molar-refractivity contribution in [1.82, 2.24) is 0 Å². The molecule has 0 saturated carbocycles. The number of carbonyl (C=O) groups is 2. The minimum absolute atomic E-state index is 0.000802. The second kappa shape index (κ2) is 7.03. The Hall–Kier alpha value is -2.88. The average Bonchev–Trinajstić information content (AvgIpc) is 3.09. The molecule has 138 valence electrons. The fraction of sp³-hybridized carbons (Fsp3) is 0.304. The van der Waals surface area contributed by atoms with Crippen molar-refractivity contribution >= 4 is 17.6 Å². The van der Waals surface area contributed by atoms with Gasteiger partial charge in [-0.3, -0.25) is 9.69 Å². The fourth-order valence-corrected chi connectivity index (χ4v) is 3.90. The summed E-state index contributed by atoms with van der Waals surface area (Å²) in [6.45, 7) is 4.36. The van der Waals surface area contributed by atoms with Crippen LogP contribution in [0.25, 0.3) is 0 Å². The number of hydrogen-bond acceptors (Lipinski definition) is 3. The summed E-state index contributed by atoms with van der Waals surface area (Å²) in [5.74, 6) is -0.544. The molecule has 2 aliphatic heterocycles. The number of rotatable bonds is 4. The Balaban J connectivity index is 1.76. The van der Waals surface area contributed by atoms with E-state index in [1.165, 1.54) is 11.1 Å². The molecule has 0 spiro atoms. The molecule has 0 N–H and O–H groups in total. The summed E-state index contributed by atoms with van der Waals surface area (Å²) in [6.07, 6.45) is 2.18. The molecule has 2 aromatic rings. The maximum absolute atomic E-state index is 13.0. The van der Waals surface area contributed by atoms with Crippen LogP contribution in [0.2, 0.25) is 0 Å². The maximum Gasteiger partial charge on any atom is 0.336 e. The number of benzene rings is 2. The van der Waals surface area contributed by atoms with E-state index in [0.29, 0.717) is 11.3 Å². The maximum atomic E-state index is 13.0. The van der Waals surface area contributed by atoms with E-state index in [0.717, 1.165) is 24.1 Å². The molecule has 1 atom stereocenters. The van der Waals surface area contributed by atoms with Crippen molar-refractivity contribution in [3.05, 3.63) is 76.5 Å². The summed E-state index contributed by atoms with van der Waals surface area (Å²) in [5.41, 5.74) is 5.55. The quantitative estimate of drug-likeness (QED) is 0.769. The largest absolute Gasteiger partial charge is 0.456 e. The number of carbonyl (C=O) groups excluding carboxylic acids is 2. The zero-order valence-electron chi connectivity index (χ0n) is 15.7. The van der Waals surface area contributed by atoms with Crippen LogP contribution in [0.15, 0.2) is 59.8 Å². The van der Waals surface area contributed by atoms with Gasteiger partial charge in [0, 0.05) is 18.0 Å². The highest BCUT2D eigenvalue weighted by Gasteiger charge is 2.42. The summed E-state index contributed by atoms with van der Waals surface area (Å²) < 4.78 is 5.33. The summed E-state index contributed by atoms with van der Waals surface area (Å²) in [6, 6.07) is 16.1. The molecular weight excluding hydrogens is 338 g/mol. The first-order chi connectivity index (χ1) is 13.1. The summed E-state index contributed by atoms with van der Waals surface area (Å²) >= 11 is 0. The summed E-state index contributed by atoms with van der Waals surface area (Å²) in [7, 11) is 0. The monoisotopic (exact) mass is 361 g/mol. The highest BCUT2D eigenvalue weighted by Crippen LogP contribution is 2.41. The molecule has 1 amide bonds. The summed E-state index contributed by atoms with van der Waals surface area (Å²) in [4.78, 5) is 27.2. The van der Waals surface area contributed by atoms with E-state index in [1.54, 1.807) is 4.90 Å². The SMILES string of the molecule is CCc1ccc(C2CC(=O)N(c3ccc(CC)cc3)C3=C2C(=O)OC3)cc1. The van der Waals surface area contributed by atoms with Crippen LogP contribution in [0.4, 0.5) is 5.69 Å². The number of cyclic esters (lactones) is 1. The zero-order valence-corrected chi connectivity index (χ0v) is 15.7. The smallest absolute Gasteiger partial charge is 0.336 e. The highest BCUT2D eigenvalue weighted by molar-refractivity contribution is 6.06. The lowest BCUT2D eigenvalue weighted by Gasteiger charge is -2.32. The molecular formula is C23H23NO3. The van der Waals surface area contributed by atoms with Crippen molar-refractivity contribution in [1.29, 1.82) is 0 Å². The summed E-state index contributed by atoms with van der Waals surface area (Å²) in [5, 5.41) is 0. The van der Waals surface area contributed by atoms with E-state index >= 15 is 0 Å². The van der Waals surface area contributed by atoms with E-state index in [2.05, 4.69) is 26.0 Å². The van der Waals surface area contributed by atoms with Gasteiger partial charge in [-0.2, -0.15) is 0 Å². The molecule has 1 unspecified atom stereocenters. The van der Waals surface area contributed by atoms with Crippen LogP contribution in [0.1, 0.15) is 42.9 Å². The van der Waals surface area contributed by atoms with Gasteiger partial charge in [0.2, 0.25) is 5.91 Å². The van der Waals surface area contributed by atoms with E-state index < -0.39 is 0 Å². The molecule has 0 bridgehead atoms. The molecule has 4 nitrogen and oxygen atoms in total. The van der Waals surface area contributed by atoms with Gasteiger partial charge in [0.25, 0.3) is 0 Å². The number of ether oxygens (including phenoxy) is 1. The van der Waals surface area contributed by atoms with Crippen LogP contribution in [-0.4, -0.2) is 18.5 Å². The Morgan fingerprint density at radius 2 is 1.52 bits per heavy atom. The van der Waals surface area contributed by atoms with Crippen molar-refractivity contribution in [3.63, 3.8) is 0 Å². The second-order valence-corrected chi connectivity index (χ2v) is 7.04. The van der Waals surface area contributed by atoms with E-state index in [4.69, 9.17) is 4.74 Å². The van der Waals surface area contributed by atoms with E-state index in [1.807, 2.05) is 36.4 Å². The average molecular weight is 361 g/mol. The zero-order chi connectivity index (χ0) is 19.0. The van der Waals surface area contributed by atoms with Gasteiger partial charge in [-0.05, 0) is 41.7 Å². The van der Waals surface area contributed by atoms with Crippen molar-refractivity contribution in [2.45, 2.75) is 39.0 Å². The normalized spacial score (nSPS) is 19.3. The van der Waals surface area contributed by atoms with Crippen LogP contribution < -0.4 is 4.90 Å². The first-order valence-corrected chi connectivity index (χ1v) is 9.53. The van der Waals surface area contributed by atoms with Crippen LogP contribution >= 0.6 is 0 Å². The number of aryl methyl sites for hydroxylation is 2. The van der Waals surface area contributed by atoms with Gasteiger partial charge < -0.3 is 4.74 Å². The Labute approximate surface area is 159 Å². The van der Waals surface area contributed by atoms with Gasteiger partial charge >= 0.3 is 5.97 Å².